The molecule has 56 heavy (non-hydrogen) atoms. The summed E-state index contributed by atoms with van der Waals surface area (Å²) in [6.45, 7) is 0. The predicted molar refractivity (Wildman–Crippen MR) is 237 cm³/mol. The van der Waals surface area contributed by atoms with E-state index in [9.17, 15) is 0 Å². The van der Waals surface area contributed by atoms with Crippen LogP contribution in [0.4, 0.5) is 23.3 Å². The molecule has 0 aliphatic carbocycles. The van der Waals surface area contributed by atoms with Crippen LogP contribution < -0.4 is 22.0 Å². The first-order valence-electron chi connectivity index (χ1n) is 14.8. The summed E-state index contributed by atoms with van der Waals surface area (Å²) < 4.78 is 0. The van der Waals surface area contributed by atoms with Crippen molar-refractivity contribution < 1.29 is 0 Å². The van der Waals surface area contributed by atoms with Crippen LogP contribution in [-0.2, 0) is 0 Å². The molecular weight excluding hydrogens is 1060 g/mol. The molecule has 1 aliphatic heterocycles. The average Bonchev–Trinajstić information content (AvgIpc) is 3.92. The highest BCUT2D eigenvalue weighted by Crippen LogP contribution is 2.52. The highest BCUT2D eigenvalue weighted by molar-refractivity contribution is 6.59. The second-order valence-corrected chi connectivity index (χ2v) is 17.8. The zero-order chi connectivity index (χ0) is 40.1. The molecular formula is C32H4Cl16N8. The van der Waals surface area contributed by atoms with Crippen LogP contribution in [0.5, 0.6) is 0 Å². The average molecular weight is 1070 g/mol. The van der Waals surface area contributed by atoms with Gasteiger partial charge in [0.25, 0.3) is 0 Å². The van der Waals surface area contributed by atoms with Crippen LogP contribution in [0.1, 0.15) is 0 Å². The van der Waals surface area contributed by atoms with Crippen molar-refractivity contribution in [2.24, 2.45) is 20.0 Å². The maximum atomic E-state index is 6.86. The van der Waals surface area contributed by atoms with Gasteiger partial charge in [0.05, 0.1) is 123 Å². The second-order valence-electron chi connectivity index (χ2n) is 11.8. The first kappa shape index (κ1) is 40.3. The van der Waals surface area contributed by atoms with Crippen molar-refractivity contribution in [2.45, 2.75) is 0 Å². The highest BCUT2D eigenvalue weighted by atomic mass is 35.5. The van der Waals surface area contributed by atoms with Crippen LogP contribution in [0, 0.1) is 0 Å². The van der Waals surface area contributed by atoms with Gasteiger partial charge in [-0.2, -0.15) is 0 Å². The maximum absolute atomic E-state index is 6.86. The van der Waals surface area contributed by atoms with E-state index in [0.29, 0.717) is 0 Å². The Morgan fingerprint density at radius 1 is 0.196 bits per heavy atom. The molecule has 0 unspecified atom stereocenters. The summed E-state index contributed by atoms with van der Waals surface area (Å²) in [4.78, 5) is 32.1. The molecule has 0 fully saturated rings. The van der Waals surface area contributed by atoms with Crippen LogP contribution >= 0.6 is 186 Å². The molecule has 284 valence electrons. The van der Waals surface area contributed by atoms with Gasteiger partial charge in [-0.1, -0.05) is 186 Å². The van der Waals surface area contributed by atoms with E-state index in [0.717, 1.165) is 0 Å². The third-order valence-electron chi connectivity index (χ3n) is 8.80. The number of benzene rings is 4. The third-order valence-corrected chi connectivity index (χ3v) is 16.0. The first-order valence-corrected chi connectivity index (χ1v) is 20.9. The summed E-state index contributed by atoms with van der Waals surface area (Å²) in [5, 5.41) is 0.966. The number of aromatic nitrogens is 4. The molecule has 9 rings (SSSR count). The molecule has 4 aromatic heterocycles. The number of fused-ring (bicyclic) bond motifs is 20. The summed E-state index contributed by atoms with van der Waals surface area (Å²) in [5.74, 6) is 0.274. The third kappa shape index (κ3) is 5.64. The maximum Gasteiger partial charge on any atom is 0.143 e. The van der Waals surface area contributed by atoms with Gasteiger partial charge in [-0.25, -0.2) is 20.0 Å². The van der Waals surface area contributed by atoms with E-state index < -0.39 is 0 Å². The highest BCUT2D eigenvalue weighted by Gasteiger charge is 2.28. The van der Waals surface area contributed by atoms with Crippen molar-refractivity contribution >= 4 is 252 Å². The second kappa shape index (κ2) is 14.2. The minimum absolute atomic E-state index is 0.0218. The summed E-state index contributed by atoms with van der Waals surface area (Å²) in [5.41, 5.74) is 0.274. The van der Waals surface area contributed by atoms with Gasteiger partial charge in [-0.05, 0) is 0 Å². The largest absolute Gasteiger partial charge is 0.324 e. The van der Waals surface area contributed by atoms with Gasteiger partial charge in [-0.15, -0.1) is 0 Å². The Labute approximate surface area is 390 Å². The number of aromatic amines is 4. The molecule has 4 N–H and O–H groups in total. The van der Waals surface area contributed by atoms with Gasteiger partial charge in [0, 0.05) is 0 Å². The number of nitrogens with zero attached hydrogens (tertiary/aromatic N) is 4. The standard InChI is InChI=1S/C32H4Cl16N8/c33-9-1-2(10(34)18(42)17(9)41)26-49-25(1)53-27-3-4(12(36)20(44)19(43)11(3)35)29(50-27)55-31-7-8(16(40)24(48)23(47)15(7)39)32(52-31)56-30-6-5(28(51-30)54-26)13(37)21(45)22(46)14(6)38/h(H4,49,50,51,52,53,54,55,56). The van der Waals surface area contributed by atoms with Gasteiger partial charge in [0.15, 0.2) is 0 Å². The minimum atomic E-state index is -0.0622. The van der Waals surface area contributed by atoms with Gasteiger partial charge in [0.1, 0.15) is 45.2 Å². The summed E-state index contributed by atoms with van der Waals surface area (Å²) in [6, 6.07) is 0. The monoisotopic (exact) mass is 1060 g/mol. The molecule has 24 heteroatoms. The molecule has 8 bridgehead atoms. The molecule has 0 amide bonds. The van der Waals surface area contributed by atoms with Gasteiger partial charge in [-0.3, -0.25) is 0 Å². The van der Waals surface area contributed by atoms with Gasteiger partial charge in [0.2, 0.25) is 0 Å². The van der Waals surface area contributed by atoms with Crippen molar-refractivity contribution in [3.63, 3.8) is 0 Å². The first-order chi connectivity index (χ1) is 26.4. The fourth-order valence-corrected chi connectivity index (χ4v) is 10.5. The van der Waals surface area contributed by atoms with Gasteiger partial charge >= 0.3 is 0 Å². The molecule has 0 radical (unpaired) electrons. The molecule has 0 saturated carbocycles. The zero-order valence-electron chi connectivity index (χ0n) is 25.8. The van der Waals surface area contributed by atoms with Crippen molar-refractivity contribution in [3.8, 4) is 0 Å². The molecule has 8 nitrogen and oxygen atoms in total. The lowest BCUT2D eigenvalue weighted by Crippen LogP contribution is -2.10. The van der Waals surface area contributed by atoms with E-state index in [-0.39, 0.29) is 169 Å². The SMILES string of the molecule is Clc1c(Cl)c(Cl)c2c3[nH]c(c2c1Cl)/N=c1\[nH]/c(c2c(Cl)c(Cl)c(Cl)c(Cl)c12)=N\c1[nH]c(c2c(Cl)c(Cl)c(Cl)c(Cl)c12)/N=c1/[nH]/c(c2c(Cl)c(Cl)c(Cl)c(Cl)c12)=N\3. The Hall–Kier alpha value is -1.12. The number of nitrogens with one attached hydrogen (secondary N) is 4. The lowest BCUT2D eigenvalue weighted by Gasteiger charge is -2.06. The molecule has 0 atom stereocenters. The Balaban J connectivity index is 1.62. The zero-order valence-corrected chi connectivity index (χ0v) is 37.9. The van der Waals surface area contributed by atoms with Crippen molar-refractivity contribution in [1.82, 2.24) is 19.9 Å². The van der Waals surface area contributed by atoms with E-state index in [2.05, 4.69) is 19.9 Å². The van der Waals surface area contributed by atoms with Crippen LogP contribution in [0.25, 0.3) is 43.1 Å². The fourth-order valence-electron chi connectivity index (χ4n) is 6.37. The molecule has 4 aromatic carbocycles. The Morgan fingerprint density at radius 2 is 0.357 bits per heavy atom. The quantitative estimate of drug-likeness (QED) is 0.0857. The van der Waals surface area contributed by atoms with E-state index >= 15 is 0 Å². The number of hydrogen-bond acceptors (Lipinski definition) is 4. The predicted octanol–water partition coefficient (Wildman–Crippen LogP) is 16.2. The summed E-state index contributed by atoms with van der Waals surface area (Å²) in [7, 11) is 0. The van der Waals surface area contributed by atoms with E-state index in [1.807, 2.05) is 0 Å². The van der Waals surface area contributed by atoms with Crippen molar-refractivity contribution in [2.75, 3.05) is 0 Å². The fraction of sp³-hybridized carbons (Fsp3) is 0. The molecule has 8 aromatic rings. The van der Waals surface area contributed by atoms with Crippen LogP contribution in [0.3, 0.4) is 0 Å². The molecule has 1 aliphatic rings. The lowest BCUT2D eigenvalue weighted by molar-refractivity contribution is 1.08. The topological polar surface area (TPSA) is 113 Å². The molecule has 0 spiro atoms. The van der Waals surface area contributed by atoms with Crippen LogP contribution in [0.15, 0.2) is 20.0 Å². The van der Waals surface area contributed by atoms with Crippen LogP contribution in [0.2, 0.25) is 80.4 Å². The molecule has 5 heterocycles. The van der Waals surface area contributed by atoms with Crippen molar-refractivity contribution in [1.29, 1.82) is 0 Å². The minimum Gasteiger partial charge on any atom is -0.324 e. The van der Waals surface area contributed by atoms with Crippen LogP contribution in [-0.4, -0.2) is 19.9 Å². The van der Waals surface area contributed by atoms with E-state index in [1.165, 1.54) is 0 Å². The summed E-state index contributed by atoms with van der Waals surface area (Å²) >= 11 is 107. The van der Waals surface area contributed by atoms with E-state index in [1.54, 1.807) is 0 Å². The van der Waals surface area contributed by atoms with Crippen molar-refractivity contribution in [3.05, 3.63) is 102 Å². The molecule has 0 saturated heterocycles. The lowest BCUT2D eigenvalue weighted by atomic mass is 10.2. The number of H-pyrrole nitrogens is 4. The Morgan fingerprint density at radius 3 is 0.536 bits per heavy atom. The number of hydrogen-bond donors (Lipinski definition) is 4. The Bertz CT molecular complexity index is 3010. The Kier molecular flexibility index (Phi) is 10.2. The number of rotatable bonds is 0. The summed E-state index contributed by atoms with van der Waals surface area (Å²) in [6.07, 6.45) is 0. The smallest absolute Gasteiger partial charge is 0.143 e. The normalized spacial score (nSPS) is 15.3. The van der Waals surface area contributed by atoms with Gasteiger partial charge < -0.3 is 19.9 Å². The number of halogens is 16. The van der Waals surface area contributed by atoms with E-state index in [4.69, 9.17) is 206 Å².